The van der Waals surface area contributed by atoms with Crippen LogP contribution in [0.2, 0.25) is 0 Å². The van der Waals surface area contributed by atoms with Gasteiger partial charge in [-0.05, 0) is 12.8 Å². The van der Waals surface area contributed by atoms with Crippen molar-refractivity contribution in [2.45, 2.75) is 50.2 Å². The van der Waals surface area contributed by atoms with Crippen molar-refractivity contribution in [3.63, 3.8) is 0 Å². The summed E-state index contributed by atoms with van der Waals surface area (Å²) in [5, 5.41) is 0. The van der Waals surface area contributed by atoms with E-state index >= 15 is 0 Å². The number of nitrogens with zero attached hydrogens (tertiary/aromatic N) is 5. The second kappa shape index (κ2) is 5.87. The summed E-state index contributed by atoms with van der Waals surface area (Å²) >= 11 is 0. The lowest BCUT2D eigenvalue weighted by Gasteiger charge is -2.47. The first-order valence-electron chi connectivity index (χ1n) is 9.42. The maximum atomic E-state index is 12.6. The van der Waals surface area contributed by atoms with Crippen molar-refractivity contribution in [2.75, 3.05) is 13.1 Å². The second-order valence-electron chi connectivity index (χ2n) is 7.76. The fourth-order valence-electron chi connectivity index (χ4n) is 4.47. The normalized spacial score (nSPS) is 21.7. The Kier molecular flexibility index (Phi) is 3.60. The van der Waals surface area contributed by atoms with E-state index in [1.54, 1.807) is 22.0 Å². The van der Waals surface area contributed by atoms with Crippen molar-refractivity contribution in [3.8, 4) is 0 Å². The Balaban J connectivity index is 1.33. The highest BCUT2D eigenvalue weighted by molar-refractivity contribution is 5.93. The molecule has 1 amide bonds. The van der Waals surface area contributed by atoms with Crippen LogP contribution in [0.25, 0.3) is 0 Å². The van der Waals surface area contributed by atoms with Crippen LogP contribution in [0.4, 0.5) is 0 Å². The molecule has 0 radical (unpaired) electrons. The molecule has 0 atom stereocenters. The Morgan fingerprint density at radius 2 is 2.04 bits per heavy atom. The van der Waals surface area contributed by atoms with Gasteiger partial charge in [0.15, 0.2) is 0 Å². The molecule has 2 aliphatic heterocycles. The fourth-order valence-corrected chi connectivity index (χ4v) is 4.47. The number of carbonyl (C=O) groups excluding carboxylic acids is 1. The third-order valence-electron chi connectivity index (χ3n) is 6.05. The van der Waals surface area contributed by atoms with Crippen LogP contribution in [0.3, 0.4) is 0 Å². The molecule has 1 aliphatic carbocycles. The molecule has 2 aromatic heterocycles. The van der Waals surface area contributed by atoms with Crippen molar-refractivity contribution < 1.29 is 9.53 Å². The van der Waals surface area contributed by atoms with E-state index < -0.39 is 5.60 Å². The first-order valence-corrected chi connectivity index (χ1v) is 9.42. The predicted molar refractivity (Wildman–Crippen MR) is 93.4 cm³/mol. The number of ether oxygens (including phenoxy) is 1. The average Bonchev–Trinajstić information content (AvgIpc) is 3.24. The number of rotatable bonds is 2. The Labute approximate surface area is 152 Å². The van der Waals surface area contributed by atoms with Gasteiger partial charge in [0, 0.05) is 24.7 Å². The molecule has 7 heteroatoms. The van der Waals surface area contributed by atoms with Gasteiger partial charge < -0.3 is 14.2 Å². The van der Waals surface area contributed by atoms with E-state index in [1.165, 1.54) is 32.1 Å². The summed E-state index contributed by atoms with van der Waals surface area (Å²) in [6.07, 6.45) is 11.5. The van der Waals surface area contributed by atoms with E-state index in [0.29, 0.717) is 31.3 Å². The van der Waals surface area contributed by atoms with E-state index in [-0.39, 0.29) is 5.91 Å². The summed E-state index contributed by atoms with van der Waals surface area (Å²) in [5.41, 5.74) is 2.25. The van der Waals surface area contributed by atoms with Gasteiger partial charge in [0.2, 0.25) is 0 Å². The molecule has 1 spiro atoms. The Morgan fingerprint density at radius 1 is 1.23 bits per heavy atom. The lowest BCUT2D eigenvalue weighted by Crippen LogP contribution is -2.61. The Bertz CT molecular complexity index is 849. The van der Waals surface area contributed by atoms with Gasteiger partial charge >= 0.3 is 0 Å². The van der Waals surface area contributed by atoms with Crippen LogP contribution in [0.1, 0.15) is 65.6 Å². The van der Waals surface area contributed by atoms with E-state index in [0.717, 1.165) is 17.1 Å². The number of amides is 1. The van der Waals surface area contributed by atoms with Gasteiger partial charge in [-0.2, -0.15) is 0 Å². The van der Waals surface area contributed by atoms with Crippen LogP contribution in [-0.4, -0.2) is 43.4 Å². The molecule has 3 aliphatic rings. The molecule has 0 N–H and O–H groups in total. The van der Waals surface area contributed by atoms with Crippen LogP contribution < -0.4 is 0 Å². The van der Waals surface area contributed by atoms with Gasteiger partial charge in [-0.3, -0.25) is 4.79 Å². The van der Waals surface area contributed by atoms with Gasteiger partial charge in [-0.15, -0.1) is 0 Å². The number of hydrogen-bond acceptors (Lipinski definition) is 5. The van der Waals surface area contributed by atoms with Crippen molar-refractivity contribution >= 4 is 5.91 Å². The van der Waals surface area contributed by atoms with Crippen molar-refractivity contribution in [1.29, 1.82) is 0 Å². The summed E-state index contributed by atoms with van der Waals surface area (Å²) in [4.78, 5) is 27.9. The first kappa shape index (κ1) is 15.9. The monoisotopic (exact) mass is 353 g/mol. The Hall–Kier alpha value is -2.28. The predicted octanol–water partition coefficient (Wildman–Crippen LogP) is 2.14. The third-order valence-corrected chi connectivity index (χ3v) is 6.05. The van der Waals surface area contributed by atoms with E-state index in [9.17, 15) is 4.79 Å². The summed E-state index contributed by atoms with van der Waals surface area (Å²) in [6, 6.07) is 0. The van der Waals surface area contributed by atoms with Crippen LogP contribution in [0.5, 0.6) is 0 Å². The smallest absolute Gasteiger partial charge is 0.272 e. The lowest BCUT2D eigenvalue weighted by atomic mass is 9.86. The average molecular weight is 353 g/mol. The fraction of sp³-hybridized carbons (Fsp3) is 0.579. The van der Waals surface area contributed by atoms with Crippen LogP contribution >= 0.6 is 0 Å². The molecule has 0 aromatic carbocycles. The minimum Gasteiger partial charge on any atom is -0.360 e. The van der Waals surface area contributed by atoms with Crippen LogP contribution in [0.15, 0.2) is 18.7 Å². The van der Waals surface area contributed by atoms with Crippen LogP contribution in [-0.2, 0) is 24.0 Å². The zero-order valence-electron chi connectivity index (χ0n) is 15.0. The number of hydrogen-bond donors (Lipinski definition) is 0. The van der Waals surface area contributed by atoms with E-state index in [4.69, 9.17) is 9.72 Å². The highest BCUT2D eigenvalue weighted by atomic mass is 16.5. The number of imidazole rings is 1. The van der Waals surface area contributed by atoms with E-state index in [2.05, 4.69) is 9.97 Å². The van der Waals surface area contributed by atoms with Gasteiger partial charge in [0.05, 0.1) is 37.9 Å². The molecule has 4 heterocycles. The van der Waals surface area contributed by atoms with Crippen LogP contribution in [0, 0.1) is 0 Å². The molecule has 2 fully saturated rings. The topological polar surface area (TPSA) is 73.1 Å². The van der Waals surface area contributed by atoms with Gasteiger partial charge in [0.1, 0.15) is 17.1 Å². The molecular formula is C19H23N5O2. The molecule has 1 saturated heterocycles. The standard InChI is InChI=1S/C19H23N5O2/c1-23-12-20-8-16(23)18(25)24-10-19(11-24)14-7-21-17(22-15(14)9-26-19)13-5-3-2-4-6-13/h7-8,12-13H,2-6,9-11H2,1H3. The maximum absolute atomic E-state index is 12.6. The third kappa shape index (κ3) is 2.37. The summed E-state index contributed by atoms with van der Waals surface area (Å²) in [6.45, 7) is 1.62. The number of carbonyl (C=O) groups is 1. The number of aryl methyl sites for hydroxylation is 1. The molecular weight excluding hydrogens is 330 g/mol. The largest absolute Gasteiger partial charge is 0.360 e. The molecule has 2 aromatic rings. The molecule has 0 unspecified atom stereocenters. The SMILES string of the molecule is Cn1cncc1C(=O)N1CC2(C1)OCc1nc(C3CCCCC3)ncc12. The molecule has 1 saturated carbocycles. The zero-order chi connectivity index (χ0) is 17.7. The number of likely N-dealkylation sites (tertiary alicyclic amines) is 1. The molecule has 0 bridgehead atoms. The maximum Gasteiger partial charge on any atom is 0.272 e. The first-order chi connectivity index (χ1) is 12.7. The molecule has 7 nitrogen and oxygen atoms in total. The molecule has 5 rings (SSSR count). The molecule has 26 heavy (non-hydrogen) atoms. The number of aromatic nitrogens is 4. The van der Waals surface area contributed by atoms with Crippen molar-refractivity contribution in [2.24, 2.45) is 7.05 Å². The van der Waals surface area contributed by atoms with Crippen molar-refractivity contribution in [1.82, 2.24) is 24.4 Å². The minimum atomic E-state index is -0.422. The zero-order valence-corrected chi connectivity index (χ0v) is 15.0. The molecule has 136 valence electrons. The van der Waals surface area contributed by atoms with Gasteiger partial charge in [-0.1, -0.05) is 19.3 Å². The summed E-state index contributed by atoms with van der Waals surface area (Å²) in [7, 11) is 1.83. The van der Waals surface area contributed by atoms with Gasteiger partial charge in [0.25, 0.3) is 5.91 Å². The van der Waals surface area contributed by atoms with Gasteiger partial charge in [-0.25, -0.2) is 15.0 Å². The second-order valence-corrected chi connectivity index (χ2v) is 7.76. The highest BCUT2D eigenvalue weighted by Crippen LogP contribution is 2.43. The highest BCUT2D eigenvalue weighted by Gasteiger charge is 2.53. The Morgan fingerprint density at radius 3 is 2.77 bits per heavy atom. The lowest BCUT2D eigenvalue weighted by molar-refractivity contribution is -0.126. The van der Waals surface area contributed by atoms with Crippen molar-refractivity contribution in [3.05, 3.63) is 41.5 Å². The minimum absolute atomic E-state index is 0.00702. The van der Waals surface area contributed by atoms with E-state index in [1.807, 2.05) is 13.2 Å². The number of fused-ring (bicyclic) bond motifs is 2. The summed E-state index contributed by atoms with van der Waals surface area (Å²) in [5.74, 6) is 1.47. The quantitative estimate of drug-likeness (QED) is 0.827. The summed E-state index contributed by atoms with van der Waals surface area (Å²) < 4.78 is 7.84.